The molecule has 2 heterocycles. The molecule has 0 bridgehead atoms. The zero-order chi connectivity index (χ0) is 15.3. The van der Waals surface area contributed by atoms with Crippen molar-refractivity contribution in [1.29, 1.82) is 0 Å². The molecule has 0 unspecified atom stereocenters. The lowest BCUT2D eigenvalue weighted by Gasteiger charge is -2.17. The molecule has 1 aromatic heterocycles. The van der Waals surface area contributed by atoms with Crippen molar-refractivity contribution in [2.45, 2.75) is 24.4 Å². The number of aromatic amines is 1. The van der Waals surface area contributed by atoms with Crippen LogP contribution in [-0.4, -0.2) is 50.2 Å². The molecule has 9 heteroatoms. The van der Waals surface area contributed by atoms with Crippen molar-refractivity contribution in [3.8, 4) is 0 Å². The Hall–Kier alpha value is -0.960. The molecule has 6 nitrogen and oxygen atoms in total. The summed E-state index contributed by atoms with van der Waals surface area (Å²) in [6.07, 6.45) is -4.81. The Morgan fingerprint density at radius 1 is 1.33 bits per heavy atom. The average molecular weight is 337 g/mol. The van der Waals surface area contributed by atoms with Crippen molar-refractivity contribution in [2.24, 2.45) is 0 Å². The Kier molecular flexibility index (Phi) is 3.81. The summed E-state index contributed by atoms with van der Waals surface area (Å²) in [7, 11) is 0. The lowest BCUT2D eigenvalue weighted by Crippen LogP contribution is -2.32. The van der Waals surface area contributed by atoms with Crippen molar-refractivity contribution in [3.05, 3.63) is 27.8 Å². The van der Waals surface area contributed by atoms with Gasteiger partial charge in [-0.25, -0.2) is 9.37 Å². The van der Waals surface area contributed by atoms with Crippen LogP contribution in [0.25, 0.3) is 11.0 Å². The smallest absolute Gasteiger partial charge is 0.201 e. The number of imidazole rings is 1. The number of aromatic nitrogens is 2. The second-order valence-corrected chi connectivity index (χ2v) is 5.50. The highest BCUT2D eigenvalue weighted by molar-refractivity contribution is 6.33. The summed E-state index contributed by atoms with van der Waals surface area (Å²) in [6.45, 7) is -0.494. The summed E-state index contributed by atoms with van der Waals surface area (Å²) >= 11 is 11.7. The fourth-order valence-electron chi connectivity index (χ4n) is 2.49. The van der Waals surface area contributed by atoms with Gasteiger partial charge >= 0.3 is 0 Å². The predicted molar refractivity (Wildman–Crippen MR) is 72.8 cm³/mol. The Morgan fingerprint density at radius 2 is 2.05 bits per heavy atom. The van der Waals surface area contributed by atoms with Gasteiger partial charge in [0.1, 0.15) is 30.2 Å². The maximum atomic E-state index is 13.9. The molecule has 1 aliphatic rings. The molecule has 0 radical (unpaired) electrons. The summed E-state index contributed by atoms with van der Waals surface area (Å²) < 4.78 is 19.3. The molecule has 4 atom stereocenters. The highest BCUT2D eigenvalue weighted by atomic mass is 35.5. The molecule has 1 saturated heterocycles. The number of benzene rings is 1. The fraction of sp³-hybridized carbons (Fsp3) is 0.417. The van der Waals surface area contributed by atoms with E-state index in [-0.39, 0.29) is 26.9 Å². The van der Waals surface area contributed by atoms with Crippen molar-refractivity contribution < 1.29 is 24.4 Å². The minimum Gasteiger partial charge on any atom is -0.394 e. The second-order valence-electron chi connectivity index (χ2n) is 4.77. The maximum Gasteiger partial charge on any atom is 0.201 e. The first kappa shape index (κ1) is 15.0. The third kappa shape index (κ3) is 2.30. The fourth-order valence-corrected chi connectivity index (χ4v) is 2.92. The first-order valence-electron chi connectivity index (χ1n) is 6.09. The van der Waals surface area contributed by atoms with Crippen molar-refractivity contribution >= 4 is 34.2 Å². The van der Waals surface area contributed by atoms with Crippen LogP contribution in [0, 0.1) is 5.82 Å². The minimum atomic E-state index is -1.37. The molecule has 1 aromatic carbocycles. The van der Waals surface area contributed by atoms with E-state index in [1.165, 1.54) is 0 Å². The summed E-state index contributed by atoms with van der Waals surface area (Å²) in [5.74, 6) is -0.739. The Balaban J connectivity index is 2.18. The molecule has 0 amide bonds. The number of nitrogens with one attached hydrogen (secondary N) is 1. The number of aliphatic hydroxyl groups excluding tert-OH is 3. The van der Waals surface area contributed by atoms with Crippen LogP contribution in [0.15, 0.2) is 6.07 Å². The molecular formula is C12H11Cl2FN2O4. The molecule has 2 aromatic rings. The Morgan fingerprint density at radius 3 is 2.67 bits per heavy atom. The number of halogens is 3. The lowest BCUT2D eigenvalue weighted by atomic mass is 10.00. The van der Waals surface area contributed by atoms with Gasteiger partial charge in [-0.2, -0.15) is 0 Å². The first-order valence-corrected chi connectivity index (χ1v) is 6.85. The van der Waals surface area contributed by atoms with Gasteiger partial charge in [-0.1, -0.05) is 11.6 Å². The van der Waals surface area contributed by atoms with Gasteiger partial charge in [-0.3, -0.25) is 0 Å². The van der Waals surface area contributed by atoms with Crippen LogP contribution in [0.2, 0.25) is 10.3 Å². The molecule has 3 rings (SSSR count). The summed E-state index contributed by atoms with van der Waals surface area (Å²) in [6, 6.07) is 1.13. The van der Waals surface area contributed by atoms with Gasteiger partial charge in [0.2, 0.25) is 5.28 Å². The largest absolute Gasteiger partial charge is 0.394 e. The summed E-state index contributed by atoms with van der Waals surface area (Å²) in [5.41, 5.74) is 0.605. The number of aliphatic hydroxyl groups is 3. The maximum absolute atomic E-state index is 13.9. The molecular weight excluding hydrogens is 326 g/mol. The van der Waals surface area contributed by atoms with Crippen LogP contribution >= 0.6 is 23.2 Å². The average Bonchev–Trinajstić information content (AvgIpc) is 2.93. The number of rotatable bonds is 2. The molecule has 114 valence electrons. The molecule has 1 aliphatic heterocycles. The van der Waals surface area contributed by atoms with Crippen LogP contribution in [0.5, 0.6) is 0 Å². The van der Waals surface area contributed by atoms with E-state index in [4.69, 9.17) is 33.0 Å². The topological polar surface area (TPSA) is 98.6 Å². The number of hydrogen-bond acceptors (Lipinski definition) is 5. The van der Waals surface area contributed by atoms with Crippen LogP contribution in [0.3, 0.4) is 0 Å². The monoisotopic (exact) mass is 336 g/mol. The van der Waals surface area contributed by atoms with E-state index in [2.05, 4.69) is 9.97 Å². The molecule has 1 fully saturated rings. The van der Waals surface area contributed by atoms with E-state index in [1.54, 1.807) is 0 Å². The van der Waals surface area contributed by atoms with Crippen LogP contribution < -0.4 is 0 Å². The molecule has 0 spiro atoms. The summed E-state index contributed by atoms with van der Waals surface area (Å²) in [5, 5.41) is 28.7. The molecule has 4 N–H and O–H groups in total. The van der Waals surface area contributed by atoms with Gasteiger partial charge in [-0.05, 0) is 11.6 Å². The molecule has 0 saturated carbocycles. The van der Waals surface area contributed by atoms with Gasteiger partial charge in [0.05, 0.1) is 22.7 Å². The van der Waals surface area contributed by atoms with E-state index >= 15 is 0 Å². The number of ether oxygens (including phenoxy) is 1. The van der Waals surface area contributed by atoms with Crippen LogP contribution in [0.1, 0.15) is 11.7 Å². The zero-order valence-corrected chi connectivity index (χ0v) is 11.9. The number of nitrogens with zero attached hydrogens (tertiary/aromatic N) is 1. The van der Waals surface area contributed by atoms with Crippen LogP contribution in [0.4, 0.5) is 4.39 Å². The molecule has 21 heavy (non-hydrogen) atoms. The number of fused-ring (bicyclic) bond motifs is 1. The highest BCUT2D eigenvalue weighted by Crippen LogP contribution is 2.41. The Labute approximate surface area is 128 Å². The van der Waals surface area contributed by atoms with Gasteiger partial charge in [0.15, 0.2) is 0 Å². The van der Waals surface area contributed by atoms with Crippen molar-refractivity contribution in [3.63, 3.8) is 0 Å². The highest BCUT2D eigenvalue weighted by Gasteiger charge is 2.45. The number of hydrogen-bond donors (Lipinski definition) is 4. The van der Waals surface area contributed by atoms with E-state index in [9.17, 15) is 14.6 Å². The quantitative estimate of drug-likeness (QED) is 0.659. The normalized spacial score (nSPS) is 29.4. The van der Waals surface area contributed by atoms with Gasteiger partial charge in [-0.15, -0.1) is 0 Å². The number of H-pyrrole nitrogens is 1. The van der Waals surface area contributed by atoms with Gasteiger partial charge in [0.25, 0.3) is 0 Å². The lowest BCUT2D eigenvalue weighted by molar-refractivity contribution is -0.0224. The van der Waals surface area contributed by atoms with Crippen LogP contribution in [-0.2, 0) is 4.74 Å². The standard InChI is InChI=1S/C12H11Cl2FN2O4/c13-7-3(15)1-4-8(17-12(14)16-4)6(7)11-10(20)9(19)5(2-18)21-11/h1,5,9-11,18-20H,2H2,(H,16,17)/t5-,9-,10-,11+/m1/s1. The van der Waals surface area contributed by atoms with E-state index in [0.717, 1.165) is 6.07 Å². The van der Waals surface area contributed by atoms with E-state index < -0.39 is 36.8 Å². The second kappa shape index (κ2) is 5.35. The van der Waals surface area contributed by atoms with E-state index in [1.807, 2.05) is 0 Å². The third-order valence-corrected chi connectivity index (χ3v) is 4.07. The predicted octanol–water partition coefficient (Wildman–Crippen LogP) is 1.16. The third-order valence-electron chi connectivity index (χ3n) is 3.50. The SMILES string of the molecule is OC[C@H]1O[C@@H](c2c(Cl)c(F)cc3[nH]c(Cl)nc23)[C@H](O)[C@@H]1O. The van der Waals surface area contributed by atoms with Gasteiger partial charge < -0.3 is 25.0 Å². The zero-order valence-electron chi connectivity index (χ0n) is 10.4. The minimum absolute atomic E-state index is 0.0275. The first-order chi connectivity index (χ1) is 9.93. The molecule has 0 aliphatic carbocycles. The summed E-state index contributed by atoms with van der Waals surface area (Å²) in [4.78, 5) is 6.64. The van der Waals surface area contributed by atoms with Gasteiger partial charge in [0, 0.05) is 11.6 Å². The Bertz CT molecular complexity index is 695. The van der Waals surface area contributed by atoms with Crippen molar-refractivity contribution in [2.75, 3.05) is 6.61 Å². The van der Waals surface area contributed by atoms with E-state index in [0.29, 0.717) is 0 Å². The van der Waals surface area contributed by atoms with Crippen molar-refractivity contribution in [1.82, 2.24) is 9.97 Å².